The largest absolute Gasteiger partial charge is 0.496 e. The normalized spacial score (nSPS) is 11.4. The molecule has 8 rings (SSSR count). The molecule has 0 bridgehead atoms. The van der Waals surface area contributed by atoms with E-state index in [1.807, 2.05) is 6.07 Å². The second kappa shape index (κ2) is 16.9. The van der Waals surface area contributed by atoms with Crippen LogP contribution in [0, 0.1) is 0 Å². The van der Waals surface area contributed by atoms with E-state index in [-0.39, 0.29) is 52.4 Å². The molecule has 63 heavy (non-hydrogen) atoms. The highest BCUT2D eigenvalue weighted by Gasteiger charge is 2.24. The lowest BCUT2D eigenvalue weighted by Crippen LogP contribution is -2.12. The molecule has 6 aromatic rings. The van der Waals surface area contributed by atoms with Gasteiger partial charge in [0.1, 0.15) is 40.0 Å². The number of carbonyl (C=O) groups is 2. The minimum atomic E-state index is -1.32. The number of rotatable bonds is 12. The summed E-state index contributed by atoms with van der Waals surface area (Å²) in [5.41, 5.74) is 2.92. The maximum Gasteiger partial charge on any atom is 0.356 e. The minimum absolute atomic E-state index is 0.0789. The van der Waals surface area contributed by atoms with Crippen LogP contribution in [0.2, 0.25) is 0 Å². The fourth-order valence-corrected chi connectivity index (χ4v) is 6.64. The summed E-state index contributed by atoms with van der Waals surface area (Å²) >= 11 is 0. The molecule has 0 saturated heterocycles. The summed E-state index contributed by atoms with van der Waals surface area (Å²) in [5, 5.41) is 50.0. The summed E-state index contributed by atoms with van der Waals surface area (Å²) < 4.78 is 29.0. The van der Waals surface area contributed by atoms with E-state index in [0.29, 0.717) is 50.2 Å². The number of methoxy groups -OCH3 is 2. The highest BCUT2D eigenvalue weighted by atomic mass is 16.7. The number of aromatic carboxylic acids is 1. The number of aromatic hydroxyl groups is 4. The van der Waals surface area contributed by atoms with Gasteiger partial charge in [0.25, 0.3) is 0 Å². The number of carboxylic acid groups (broad SMARTS) is 1. The highest BCUT2D eigenvalue weighted by molar-refractivity contribution is 6.08. The van der Waals surface area contributed by atoms with Gasteiger partial charge in [-0.25, -0.2) is 14.6 Å². The van der Waals surface area contributed by atoms with Crippen LogP contribution in [0.15, 0.2) is 100 Å². The number of carboxylic acids is 1. The van der Waals surface area contributed by atoms with Crippen molar-refractivity contribution in [3.8, 4) is 81.5 Å². The number of aromatic nitrogens is 6. The second-order valence-corrected chi connectivity index (χ2v) is 13.2. The third-order valence-electron chi connectivity index (χ3n) is 9.28. The number of ether oxygens (including phenoxy) is 4. The SMILES string of the molecule is COc1ccc(Oc2nc(O)nc(O)n2)cc1Cc1ccc2c(-c3ccc(C(=O)ON)cc3C(=O)O)c3ccc(=Nc4cc(Oc5nc(O)nc(O)n5)ccc4OC)cc-3oc2c1. The van der Waals surface area contributed by atoms with Crippen molar-refractivity contribution < 1.29 is 63.3 Å². The molecule has 21 heteroatoms. The average molecular weight is 855 g/mol. The zero-order valence-corrected chi connectivity index (χ0v) is 32.6. The van der Waals surface area contributed by atoms with Crippen LogP contribution >= 0.6 is 0 Å². The Morgan fingerprint density at radius 1 is 0.683 bits per heavy atom. The maximum atomic E-state index is 12.8. The Bertz CT molecular complexity index is 3100. The Labute approximate surface area is 352 Å². The van der Waals surface area contributed by atoms with Crippen LogP contribution in [0.25, 0.3) is 33.4 Å². The van der Waals surface area contributed by atoms with Crippen LogP contribution < -0.4 is 30.2 Å². The monoisotopic (exact) mass is 854 g/mol. The molecular formula is C42H30N8O13. The smallest absolute Gasteiger partial charge is 0.356 e. The van der Waals surface area contributed by atoms with E-state index in [4.69, 9.17) is 34.3 Å². The average Bonchev–Trinajstić information content (AvgIpc) is 3.24. The fraction of sp³-hybridized carbons (Fsp3) is 0.0714. The van der Waals surface area contributed by atoms with E-state index < -0.39 is 36.0 Å². The third-order valence-corrected chi connectivity index (χ3v) is 9.28. The van der Waals surface area contributed by atoms with Gasteiger partial charge >= 0.3 is 48.0 Å². The minimum Gasteiger partial charge on any atom is -0.496 e. The maximum absolute atomic E-state index is 12.8. The first-order valence-electron chi connectivity index (χ1n) is 18.2. The van der Waals surface area contributed by atoms with Gasteiger partial charge in [-0.05, 0) is 71.8 Å². The molecule has 316 valence electrons. The van der Waals surface area contributed by atoms with Gasteiger partial charge in [0, 0.05) is 40.6 Å². The van der Waals surface area contributed by atoms with Crippen LogP contribution in [-0.2, 0) is 11.3 Å². The summed E-state index contributed by atoms with van der Waals surface area (Å²) in [4.78, 5) is 55.5. The molecule has 7 N–H and O–H groups in total. The van der Waals surface area contributed by atoms with Gasteiger partial charge in [-0.3, -0.25) is 0 Å². The predicted molar refractivity (Wildman–Crippen MR) is 215 cm³/mol. The van der Waals surface area contributed by atoms with Gasteiger partial charge < -0.3 is 53.7 Å². The van der Waals surface area contributed by atoms with Crippen LogP contribution in [0.1, 0.15) is 31.8 Å². The van der Waals surface area contributed by atoms with Gasteiger partial charge in [0.2, 0.25) is 0 Å². The Morgan fingerprint density at radius 3 is 1.92 bits per heavy atom. The van der Waals surface area contributed by atoms with E-state index >= 15 is 0 Å². The fourth-order valence-electron chi connectivity index (χ4n) is 6.64. The van der Waals surface area contributed by atoms with Crippen LogP contribution in [-0.4, -0.2) is 81.6 Å². The molecule has 0 saturated carbocycles. The molecular weight excluding hydrogens is 825 g/mol. The Balaban J connectivity index is 1.26. The first-order valence-corrected chi connectivity index (χ1v) is 18.2. The number of hydrogen-bond acceptors (Lipinski definition) is 20. The molecule has 0 spiro atoms. The van der Waals surface area contributed by atoms with E-state index in [1.54, 1.807) is 54.6 Å². The summed E-state index contributed by atoms with van der Waals surface area (Å²) in [6.07, 6.45) is 0.264. The van der Waals surface area contributed by atoms with Gasteiger partial charge in [0.15, 0.2) is 0 Å². The molecule has 3 heterocycles. The lowest BCUT2D eigenvalue weighted by atomic mass is 9.89. The number of fused-ring (bicyclic) bond motifs is 2. The Morgan fingerprint density at radius 2 is 1.30 bits per heavy atom. The van der Waals surface area contributed by atoms with E-state index in [9.17, 15) is 35.1 Å². The molecule has 0 radical (unpaired) electrons. The van der Waals surface area contributed by atoms with Crippen molar-refractivity contribution in [2.75, 3.05) is 14.2 Å². The lowest BCUT2D eigenvalue weighted by molar-refractivity contribution is 0.0503. The second-order valence-electron chi connectivity index (χ2n) is 13.2. The summed E-state index contributed by atoms with van der Waals surface area (Å²) in [5.74, 6) is 4.43. The van der Waals surface area contributed by atoms with Gasteiger partial charge in [-0.2, -0.15) is 5.90 Å². The molecule has 0 unspecified atom stereocenters. The Kier molecular flexibility index (Phi) is 10.9. The standard InChI is InChI=1S/C42H30N8O13/c1-58-30-11-6-23(60-41-47-37(54)45-38(55)48-41)15-21(30)13-19-3-8-26-32(14-19)62-33-17-22(5-10-27(33)34(26)25-9-4-20(36(53)63-43)16-28(25)35(51)52)44-29-18-24(7-12-31(29)59-2)61-42-49-39(56)46-40(57)50-42/h3-12,14-18H,13,43H2,1-2H3,(H,51,52)(H2,45,47,48,54,55)(H2,46,49,50,56,57). The quantitative estimate of drug-likeness (QED) is 0.0648. The van der Waals surface area contributed by atoms with Crippen molar-refractivity contribution in [3.63, 3.8) is 0 Å². The lowest BCUT2D eigenvalue weighted by Gasteiger charge is -2.18. The molecule has 2 aliphatic rings. The predicted octanol–water partition coefficient (Wildman–Crippen LogP) is 5.55. The Hall–Kier alpha value is -9.11. The molecule has 0 fully saturated rings. The summed E-state index contributed by atoms with van der Waals surface area (Å²) in [6.45, 7) is 0. The van der Waals surface area contributed by atoms with Crippen molar-refractivity contribution in [2.24, 2.45) is 10.9 Å². The van der Waals surface area contributed by atoms with Crippen molar-refractivity contribution >= 4 is 28.6 Å². The van der Waals surface area contributed by atoms with Crippen LogP contribution in [0.5, 0.6) is 59.1 Å². The molecule has 1 aliphatic heterocycles. The van der Waals surface area contributed by atoms with Crippen molar-refractivity contribution in [2.45, 2.75) is 6.42 Å². The number of nitrogens with zero attached hydrogens (tertiary/aromatic N) is 7. The van der Waals surface area contributed by atoms with Crippen molar-refractivity contribution in [1.82, 2.24) is 29.9 Å². The first-order chi connectivity index (χ1) is 30.4. The molecule has 0 amide bonds. The van der Waals surface area contributed by atoms with Crippen molar-refractivity contribution in [1.29, 1.82) is 0 Å². The number of benzene rings is 5. The molecule has 2 aromatic heterocycles. The van der Waals surface area contributed by atoms with Crippen LogP contribution in [0.4, 0.5) is 5.69 Å². The van der Waals surface area contributed by atoms with E-state index in [0.717, 1.165) is 5.56 Å². The zero-order valence-electron chi connectivity index (χ0n) is 32.6. The number of hydrogen-bond donors (Lipinski definition) is 6. The number of carbonyl (C=O) groups excluding carboxylic acids is 1. The first kappa shape index (κ1) is 40.7. The van der Waals surface area contributed by atoms with E-state index in [2.05, 4.69) is 34.7 Å². The van der Waals surface area contributed by atoms with Crippen molar-refractivity contribution in [3.05, 3.63) is 119 Å². The molecule has 21 nitrogen and oxygen atoms in total. The van der Waals surface area contributed by atoms with E-state index in [1.165, 1.54) is 44.6 Å². The molecule has 4 aromatic carbocycles. The topological polar surface area (TPSA) is 310 Å². The zero-order chi connectivity index (χ0) is 44.4. The highest BCUT2D eigenvalue weighted by Crippen LogP contribution is 2.42. The summed E-state index contributed by atoms with van der Waals surface area (Å²) in [7, 11) is 2.95. The van der Waals surface area contributed by atoms with Gasteiger partial charge in [-0.15, -0.1) is 29.9 Å². The van der Waals surface area contributed by atoms with Gasteiger partial charge in [0.05, 0.1) is 30.7 Å². The third kappa shape index (κ3) is 8.64. The van der Waals surface area contributed by atoms with Crippen LogP contribution in [0.3, 0.4) is 0 Å². The molecule has 0 atom stereocenters. The molecule has 1 aliphatic carbocycles. The number of nitrogens with two attached hydrogens (primary N) is 1. The van der Waals surface area contributed by atoms with Gasteiger partial charge in [-0.1, -0.05) is 18.2 Å². The summed E-state index contributed by atoms with van der Waals surface area (Å²) in [6, 6.07) is 20.3.